The van der Waals surface area contributed by atoms with Gasteiger partial charge in [-0.1, -0.05) is 6.07 Å². The maximum absolute atomic E-state index is 12.7. The van der Waals surface area contributed by atoms with Crippen LogP contribution < -0.4 is 4.74 Å². The minimum absolute atomic E-state index is 0.00676. The van der Waals surface area contributed by atoms with Crippen molar-refractivity contribution >= 4 is 11.9 Å². The Hall–Kier alpha value is -2.43. The predicted octanol–water partition coefficient (Wildman–Crippen LogP) is 2.47. The van der Waals surface area contributed by atoms with E-state index in [2.05, 4.69) is 15.4 Å². The van der Waals surface area contributed by atoms with Crippen LogP contribution in [0.5, 0.6) is 5.75 Å². The van der Waals surface area contributed by atoms with E-state index in [9.17, 15) is 4.79 Å². The Morgan fingerprint density at radius 2 is 2.20 bits per heavy atom. The molecule has 5 nitrogen and oxygen atoms in total. The van der Waals surface area contributed by atoms with E-state index in [0.29, 0.717) is 35.6 Å². The number of rotatable bonds is 1. The molecule has 1 aliphatic rings. The summed E-state index contributed by atoms with van der Waals surface area (Å²) in [5, 5.41) is 10.2. The molecule has 1 aromatic heterocycles. The number of nitrogens with one attached hydrogen (secondary N) is 1. The summed E-state index contributed by atoms with van der Waals surface area (Å²) in [6.07, 6.45) is 3.93. The van der Waals surface area contributed by atoms with Crippen molar-refractivity contribution in [3.63, 3.8) is 0 Å². The van der Waals surface area contributed by atoms with E-state index in [4.69, 9.17) is 4.74 Å². The second-order valence-electron chi connectivity index (χ2n) is 4.95. The molecular weight excluding hydrogens is 254 g/mol. The molecule has 2 aromatic rings. The first-order chi connectivity index (χ1) is 9.65. The number of aryl methyl sites for hydroxylation is 2. The first kappa shape index (κ1) is 12.6. The lowest BCUT2D eigenvalue weighted by Gasteiger charge is -2.10. The van der Waals surface area contributed by atoms with E-state index in [-0.39, 0.29) is 5.78 Å². The van der Waals surface area contributed by atoms with Gasteiger partial charge in [0.25, 0.3) is 0 Å². The summed E-state index contributed by atoms with van der Waals surface area (Å²) < 4.78 is 5.75. The molecule has 1 aromatic carbocycles. The fraction of sp³-hybridized carbons (Fsp3) is 0.267. The summed E-state index contributed by atoms with van der Waals surface area (Å²) in [6, 6.07) is 3.91. The van der Waals surface area contributed by atoms with Gasteiger partial charge in [-0.2, -0.15) is 15.4 Å². The molecule has 0 amide bonds. The highest BCUT2D eigenvalue weighted by Crippen LogP contribution is 2.31. The maximum Gasteiger partial charge on any atom is 0.192 e. The lowest BCUT2D eigenvalue weighted by Crippen LogP contribution is -2.03. The average molecular weight is 269 g/mol. The van der Waals surface area contributed by atoms with Crippen LogP contribution in [-0.4, -0.2) is 27.8 Å². The standard InChI is InChI=1S/C15H15N3O2/c1-9-5-10(2)15-13(6-9)14(19)11(3-4-20-15)7-12-8-16-18-17-12/h5-8H,3-4H2,1-2H3,(H,16,17,18)/b11-7-. The number of aromatic amines is 1. The van der Waals surface area contributed by atoms with Crippen LogP contribution in [0.2, 0.25) is 0 Å². The van der Waals surface area contributed by atoms with E-state index in [1.807, 2.05) is 26.0 Å². The lowest BCUT2D eigenvalue weighted by atomic mass is 9.97. The minimum Gasteiger partial charge on any atom is -0.492 e. The van der Waals surface area contributed by atoms with E-state index < -0.39 is 0 Å². The molecule has 0 fully saturated rings. The smallest absolute Gasteiger partial charge is 0.192 e. The third-order valence-electron chi connectivity index (χ3n) is 3.33. The van der Waals surface area contributed by atoms with Crippen LogP contribution >= 0.6 is 0 Å². The summed E-state index contributed by atoms with van der Waals surface area (Å²) >= 11 is 0. The molecule has 0 spiro atoms. The summed E-state index contributed by atoms with van der Waals surface area (Å²) in [6.45, 7) is 4.43. The number of carbonyl (C=O) groups is 1. The SMILES string of the molecule is Cc1cc(C)c2c(c1)C(=O)/C(=C\c1cn[nH]n1)CCO2. The molecule has 0 bridgehead atoms. The second kappa shape index (κ2) is 4.92. The normalized spacial score (nSPS) is 16.7. The topological polar surface area (TPSA) is 67.9 Å². The van der Waals surface area contributed by atoms with Crippen molar-refractivity contribution in [1.82, 2.24) is 15.4 Å². The molecule has 0 saturated carbocycles. The highest BCUT2D eigenvalue weighted by atomic mass is 16.5. The first-order valence-corrected chi connectivity index (χ1v) is 6.50. The fourth-order valence-corrected chi connectivity index (χ4v) is 2.46. The van der Waals surface area contributed by atoms with Gasteiger partial charge >= 0.3 is 0 Å². The number of aromatic nitrogens is 3. The summed E-state index contributed by atoms with van der Waals surface area (Å²) in [7, 11) is 0. The van der Waals surface area contributed by atoms with Crippen molar-refractivity contribution in [2.75, 3.05) is 6.61 Å². The van der Waals surface area contributed by atoms with Crippen LogP contribution in [0.25, 0.3) is 6.08 Å². The van der Waals surface area contributed by atoms with Gasteiger partial charge in [0.1, 0.15) is 11.4 Å². The van der Waals surface area contributed by atoms with Crippen molar-refractivity contribution in [3.8, 4) is 5.75 Å². The Morgan fingerprint density at radius 3 is 2.95 bits per heavy atom. The molecule has 0 radical (unpaired) electrons. The monoisotopic (exact) mass is 269 g/mol. The van der Waals surface area contributed by atoms with E-state index in [1.165, 1.54) is 0 Å². The quantitative estimate of drug-likeness (QED) is 0.807. The minimum atomic E-state index is 0.00676. The molecular formula is C15H15N3O2. The van der Waals surface area contributed by atoms with Crippen LogP contribution in [0.3, 0.4) is 0 Å². The molecule has 102 valence electrons. The number of H-pyrrole nitrogens is 1. The van der Waals surface area contributed by atoms with Gasteiger partial charge in [-0.05, 0) is 37.1 Å². The largest absolute Gasteiger partial charge is 0.492 e. The lowest BCUT2D eigenvalue weighted by molar-refractivity contribution is 0.103. The zero-order chi connectivity index (χ0) is 14.1. The number of carbonyl (C=O) groups excluding carboxylic acids is 1. The zero-order valence-electron chi connectivity index (χ0n) is 11.4. The van der Waals surface area contributed by atoms with Gasteiger partial charge in [-0.25, -0.2) is 0 Å². The van der Waals surface area contributed by atoms with Crippen LogP contribution in [0.4, 0.5) is 0 Å². The Morgan fingerprint density at radius 1 is 1.35 bits per heavy atom. The predicted molar refractivity (Wildman–Crippen MR) is 74.7 cm³/mol. The van der Waals surface area contributed by atoms with Crippen molar-refractivity contribution in [2.24, 2.45) is 0 Å². The van der Waals surface area contributed by atoms with Gasteiger partial charge in [0.05, 0.1) is 18.4 Å². The zero-order valence-corrected chi connectivity index (χ0v) is 11.4. The third-order valence-corrected chi connectivity index (χ3v) is 3.33. The van der Waals surface area contributed by atoms with E-state index >= 15 is 0 Å². The first-order valence-electron chi connectivity index (χ1n) is 6.50. The van der Waals surface area contributed by atoms with Crippen molar-refractivity contribution < 1.29 is 9.53 Å². The van der Waals surface area contributed by atoms with Crippen LogP contribution in [0, 0.1) is 13.8 Å². The van der Waals surface area contributed by atoms with Crippen LogP contribution in [0.15, 0.2) is 23.9 Å². The van der Waals surface area contributed by atoms with Gasteiger partial charge in [0.2, 0.25) is 0 Å². The van der Waals surface area contributed by atoms with Gasteiger partial charge in [0, 0.05) is 12.0 Å². The molecule has 2 heterocycles. The highest BCUT2D eigenvalue weighted by molar-refractivity contribution is 6.13. The third kappa shape index (κ3) is 2.22. The molecule has 1 aliphatic heterocycles. The maximum atomic E-state index is 12.7. The molecule has 3 rings (SSSR count). The number of benzene rings is 1. The molecule has 20 heavy (non-hydrogen) atoms. The molecule has 0 aliphatic carbocycles. The molecule has 0 atom stereocenters. The molecule has 0 unspecified atom stereocenters. The molecule has 1 N–H and O–H groups in total. The Balaban J connectivity index is 2.08. The number of hydrogen-bond acceptors (Lipinski definition) is 4. The number of hydrogen-bond donors (Lipinski definition) is 1. The van der Waals surface area contributed by atoms with Gasteiger partial charge in [-0.3, -0.25) is 4.79 Å². The van der Waals surface area contributed by atoms with Gasteiger partial charge in [-0.15, -0.1) is 0 Å². The van der Waals surface area contributed by atoms with Crippen LogP contribution in [0.1, 0.15) is 33.6 Å². The Kier molecular flexibility index (Phi) is 3.10. The summed E-state index contributed by atoms with van der Waals surface area (Å²) in [5.41, 5.74) is 4.04. The highest BCUT2D eigenvalue weighted by Gasteiger charge is 2.23. The van der Waals surface area contributed by atoms with Gasteiger partial charge < -0.3 is 4.74 Å². The van der Waals surface area contributed by atoms with Crippen LogP contribution in [-0.2, 0) is 0 Å². The van der Waals surface area contributed by atoms with E-state index in [0.717, 1.165) is 11.1 Å². The Labute approximate surface area is 116 Å². The van der Waals surface area contributed by atoms with Crippen molar-refractivity contribution in [1.29, 1.82) is 0 Å². The molecule has 0 saturated heterocycles. The fourth-order valence-electron chi connectivity index (χ4n) is 2.46. The number of fused-ring (bicyclic) bond motifs is 1. The van der Waals surface area contributed by atoms with Gasteiger partial charge in [0.15, 0.2) is 5.78 Å². The number of nitrogens with zero attached hydrogens (tertiary/aromatic N) is 2. The second-order valence-corrected chi connectivity index (χ2v) is 4.95. The van der Waals surface area contributed by atoms with E-state index in [1.54, 1.807) is 12.3 Å². The number of ether oxygens (including phenoxy) is 1. The Bertz CT molecular complexity index is 687. The van der Waals surface area contributed by atoms with Crippen molar-refractivity contribution in [3.05, 3.63) is 46.3 Å². The summed E-state index contributed by atoms with van der Waals surface area (Å²) in [5.74, 6) is 0.705. The van der Waals surface area contributed by atoms with Crippen molar-refractivity contribution in [2.45, 2.75) is 20.3 Å². The average Bonchev–Trinajstić information content (AvgIpc) is 2.86. The number of Topliss-reactive ketones (excluding diaryl/α,β-unsaturated/α-hetero) is 1. The summed E-state index contributed by atoms with van der Waals surface area (Å²) in [4.78, 5) is 12.7. The molecule has 5 heteroatoms. The number of ketones is 1.